The predicted octanol–water partition coefficient (Wildman–Crippen LogP) is 2.40. The Hall–Kier alpha value is -1.55. The molecule has 0 aliphatic heterocycles. The van der Waals surface area contributed by atoms with E-state index in [-0.39, 0.29) is 17.3 Å². The molecule has 0 aliphatic rings. The lowest BCUT2D eigenvalue weighted by Crippen LogP contribution is -2.27. The van der Waals surface area contributed by atoms with Crippen LogP contribution in [0.2, 0.25) is 0 Å². The van der Waals surface area contributed by atoms with E-state index >= 15 is 0 Å². The Balaban J connectivity index is 2.51. The van der Waals surface area contributed by atoms with Crippen molar-refractivity contribution >= 4 is 5.78 Å². The molecule has 0 aromatic heterocycles. The van der Waals surface area contributed by atoms with Crippen molar-refractivity contribution in [2.45, 2.75) is 26.2 Å². The molecule has 0 atom stereocenters. The summed E-state index contributed by atoms with van der Waals surface area (Å²) in [6, 6.07) is 4.16. The minimum absolute atomic E-state index is 0.0516. The highest BCUT2D eigenvalue weighted by Crippen LogP contribution is 2.25. The van der Waals surface area contributed by atoms with E-state index < -0.39 is 0 Å². The van der Waals surface area contributed by atoms with E-state index in [0.29, 0.717) is 12.1 Å². The number of carbonyl (C=O) groups is 1. The zero-order valence-corrected chi connectivity index (χ0v) is 11.0. The van der Waals surface area contributed by atoms with Crippen LogP contribution in [0.4, 0.5) is 0 Å². The summed E-state index contributed by atoms with van der Waals surface area (Å²) in [5.74, 6) is -0.512. The van der Waals surface area contributed by atoms with Crippen molar-refractivity contribution in [1.82, 2.24) is 4.90 Å². The monoisotopic (exact) mass is 251 g/mol. The molecule has 1 aromatic rings. The van der Waals surface area contributed by atoms with Crippen LogP contribution in [0.1, 0.15) is 36.5 Å². The minimum Gasteiger partial charge on any atom is -0.504 e. The van der Waals surface area contributed by atoms with Crippen LogP contribution in [0.5, 0.6) is 11.5 Å². The van der Waals surface area contributed by atoms with Gasteiger partial charge in [-0.25, -0.2) is 0 Å². The first kappa shape index (κ1) is 14.5. The molecular formula is C14H21NO3. The third-order valence-corrected chi connectivity index (χ3v) is 2.85. The number of unbranched alkanes of at least 4 members (excludes halogenated alkanes) is 2. The topological polar surface area (TPSA) is 60.8 Å². The molecule has 0 heterocycles. The number of phenolic OH excluding ortho intramolecular Hbond substituents is 2. The van der Waals surface area contributed by atoms with Gasteiger partial charge in [0.15, 0.2) is 17.3 Å². The lowest BCUT2D eigenvalue weighted by atomic mass is 10.1. The summed E-state index contributed by atoms with van der Waals surface area (Å²) >= 11 is 0. The summed E-state index contributed by atoms with van der Waals surface area (Å²) in [7, 11) is 1.91. The zero-order chi connectivity index (χ0) is 13.5. The Bertz CT molecular complexity index is 404. The van der Waals surface area contributed by atoms with E-state index in [4.69, 9.17) is 0 Å². The third-order valence-electron chi connectivity index (χ3n) is 2.85. The number of hydrogen-bond donors (Lipinski definition) is 2. The Labute approximate surface area is 108 Å². The summed E-state index contributed by atoms with van der Waals surface area (Å²) in [5.41, 5.74) is 0.424. The van der Waals surface area contributed by atoms with E-state index in [9.17, 15) is 15.0 Å². The van der Waals surface area contributed by atoms with Crippen LogP contribution in [-0.4, -0.2) is 41.0 Å². The zero-order valence-electron chi connectivity index (χ0n) is 11.0. The molecule has 1 rings (SSSR count). The second-order valence-corrected chi connectivity index (χ2v) is 4.57. The lowest BCUT2D eigenvalue weighted by Gasteiger charge is -2.15. The van der Waals surface area contributed by atoms with Gasteiger partial charge in [-0.15, -0.1) is 0 Å². The molecule has 0 bridgehead atoms. The molecule has 0 unspecified atom stereocenters. The van der Waals surface area contributed by atoms with Crippen molar-refractivity contribution in [3.8, 4) is 11.5 Å². The van der Waals surface area contributed by atoms with E-state index in [1.54, 1.807) is 0 Å². The average Bonchev–Trinajstić information content (AvgIpc) is 2.33. The van der Waals surface area contributed by atoms with Crippen molar-refractivity contribution in [1.29, 1.82) is 0 Å². The first-order chi connectivity index (χ1) is 8.54. The third kappa shape index (κ3) is 4.37. The molecule has 18 heavy (non-hydrogen) atoms. The van der Waals surface area contributed by atoms with Crippen LogP contribution in [0.3, 0.4) is 0 Å². The van der Waals surface area contributed by atoms with Crippen LogP contribution >= 0.6 is 0 Å². The van der Waals surface area contributed by atoms with Crippen LogP contribution in [0, 0.1) is 0 Å². The van der Waals surface area contributed by atoms with Crippen molar-refractivity contribution < 1.29 is 15.0 Å². The maximum atomic E-state index is 11.9. The van der Waals surface area contributed by atoms with Crippen molar-refractivity contribution in [2.24, 2.45) is 0 Å². The van der Waals surface area contributed by atoms with Gasteiger partial charge in [0.05, 0.1) is 6.54 Å². The number of ketones is 1. The number of hydrogen-bond acceptors (Lipinski definition) is 4. The molecule has 0 spiro atoms. The highest BCUT2D eigenvalue weighted by atomic mass is 16.3. The Kier molecular flexibility index (Phi) is 5.65. The van der Waals surface area contributed by atoms with E-state index in [1.165, 1.54) is 24.6 Å². The van der Waals surface area contributed by atoms with Crippen molar-refractivity contribution in [2.75, 3.05) is 20.1 Å². The SMILES string of the molecule is CCCCCN(C)CC(=O)c1ccc(O)c(O)c1. The molecule has 0 saturated carbocycles. The fourth-order valence-corrected chi connectivity index (χ4v) is 1.74. The van der Waals surface area contributed by atoms with E-state index in [1.807, 2.05) is 11.9 Å². The Morgan fingerprint density at radius 3 is 2.56 bits per heavy atom. The summed E-state index contributed by atoms with van der Waals surface area (Å²) in [6.45, 7) is 3.36. The van der Waals surface area contributed by atoms with Crippen LogP contribution < -0.4 is 0 Å². The number of likely N-dealkylation sites (N-methyl/N-ethyl adjacent to an activating group) is 1. The summed E-state index contributed by atoms with van der Waals surface area (Å²) in [4.78, 5) is 13.9. The molecule has 0 aliphatic carbocycles. The van der Waals surface area contributed by atoms with Gasteiger partial charge in [0.25, 0.3) is 0 Å². The first-order valence-corrected chi connectivity index (χ1v) is 6.28. The molecule has 100 valence electrons. The molecule has 4 heteroatoms. The quantitative estimate of drug-likeness (QED) is 0.444. The highest BCUT2D eigenvalue weighted by molar-refractivity contribution is 5.98. The Morgan fingerprint density at radius 1 is 1.22 bits per heavy atom. The Morgan fingerprint density at radius 2 is 1.94 bits per heavy atom. The van der Waals surface area contributed by atoms with Gasteiger partial charge in [-0.2, -0.15) is 0 Å². The van der Waals surface area contributed by atoms with Crippen LogP contribution in [0.25, 0.3) is 0 Å². The molecule has 0 fully saturated rings. The molecule has 0 amide bonds. The molecule has 0 radical (unpaired) electrons. The van der Waals surface area contributed by atoms with Gasteiger partial charge in [-0.3, -0.25) is 9.69 Å². The number of aromatic hydroxyl groups is 2. The normalized spacial score (nSPS) is 10.8. The maximum absolute atomic E-state index is 11.9. The second-order valence-electron chi connectivity index (χ2n) is 4.57. The number of carbonyl (C=O) groups excluding carboxylic acids is 1. The van der Waals surface area contributed by atoms with Crippen molar-refractivity contribution in [3.05, 3.63) is 23.8 Å². The van der Waals surface area contributed by atoms with E-state index in [0.717, 1.165) is 19.4 Å². The van der Waals surface area contributed by atoms with Gasteiger partial charge in [-0.1, -0.05) is 19.8 Å². The molecule has 2 N–H and O–H groups in total. The van der Waals surface area contributed by atoms with Gasteiger partial charge in [0.1, 0.15) is 0 Å². The maximum Gasteiger partial charge on any atom is 0.176 e. The van der Waals surface area contributed by atoms with Crippen molar-refractivity contribution in [3.63, 3.8) is 0 Å². The standard InChI is InChI=1S/C14H21NO3/c1-3-4-5-8-15(2)10-14(18)11-6-7-12(16)13(17)9-11/h6-7,9,16-17H,3-5,8,10H2,1-2H3. The smallest absolute Gasteiger partial charge is 0.176 e. The summed E-state index contributed by atoms with van der Waals surface area (Å²) in [5, 5.41) is 18.5. The number of benzene rings is 1. The lowest BCUT2D eigenvalue weighted by molar-refractivity contribution is 0.0945. The fourth-order valence-electron chi connectivity index (χ4n) is 1.74. The number of rotatable bonds is 7. The number of Topliss-reactive ketones (excluding diaryl/α,β-unsaturated/α-hetero) is 1. The first-order valence-electron chi connectivity index (χ1n) is 6.28. The van der Waals surface area contributed by atoms with E-state index in [2.05, 4.69) is 6.92 Å². The van der Waals surface area contributed by atoms with Crippen LogP contribution in [0.15, 0.2) is 18.2 Å². The molecule has 0 saturated heterocycles. The van der Waals surface area contributed by atoms with Gasteiger partial charge in [-0.05, 0) is 38.2 Å². The van der Waals surface area contributed by atoms with Gasteiger partial charge < -0.3 is 10.2 Å². The fraction of sp³-hybridized carbons (Fsp3) is 0.500. The number of nitrogens with zero attached hydrogens (tertiary/aromatic N) is 1. The average molecular weight is 251 g/mol. The molecule has 4 nitrogen and oxygen atoms in total. The molecular weight excluding hydrogens is 230 g/mol. The molecule has 1 aromatic carbocycles. The minimum atomic E-state index is -0.255. The predicted molar refractivity (Wildman–Crippen MR) is 71.1 cm³/mol. The number of phenols is 2. The largest absolute Gasteiger partial charge is 0.504 e. The van der Waals surface area contributed by atoms with Gasteiger partial charge >= 0.3 is 0 Å². The van der Waals surface area contributed by atoms with Gasteiger partial charge in [0.2, 0.25) is 0 Å². The highest BCUT2D eigenvalue weighted by Gasteiger charge is 2.11. The van der Waals surface area contributed by atoms with Gasteiger partial charge in [0, 0.05) is 5.56 Å². The second kappa shape index (κ2) is 7.01. The summed E-state index contributed by atoms with van der Waals surface area (Å²) < 4.78 is 0. The summed E-state index contributed by atoms with van der Waals surface area (Å²) in [6.07, 6.45) is 3.41. The van der Waals surface area contributed by atoms with Crippen LogP contribution in [-0.2, 0) is 0 Å².